The summed E-state index contributed by atoms with van der Waals surface area (Å²) in [6.07, 6.45) is 0.355. The topological polar surface area (TPSA) is 29.5 Å². The van der Waals surface area contributed by atoms with Crippen LogP contribution >= 0.6 is 15.9 Å². The lowest BCUT2D eigenvalue weighted by Gasteiger charge is -2.37. The highest BCUT2D eigenvalue weighted by atomic mass is 79.9. The predicted octanol–water partition coefficient (Wildman–Crippen LogP) is 2.38. The molecule has 1 aromatic carbocycles. The van der Waals surface area contributed by atoms with Gasteiger partial charge in [0.05, 0.1) is 25.2 Å². The molecule has 0 radical (unpaired) electrons. The minimum atomic E-state index is -0.282. The second kappa shape index (κ2) is 6.48. The Balaban J connectivity index is 2.00. The van der Waals surface area contributed by atoms with Crippen molar-refractivity contribution in [2.45, 2.75) is 25.5 Å². The van der Waals surface area contributed by atoms with Crippen LogP contribution in [-0.2, 0) is 16.0 Å². The quantitative estimate of drug-likeness (QED) is 0.797. The third-order valence-corrected chi connectivity index (χ3v) is 3.99. The summed E-state index contributed by atoms with van der Waals surface area (Å²) in [4.78, 5) is 14.1. The van der Waals surface area contributed by atoms with Crippen molar-refractivity contribution in [3.8, 4) is 0 Å². The van der Waals surface area contributed by atoms with Crippen LogP contribution in [0.4, 0.5) is 4.39 Å². The largest absolute Gasteiger partial charge is 0.373 e. The van der Waals surface area contributed by atoms with Crippen LogP contribution < -0.4 is 0 Å². The van der Waals surface area contributed by atoms with E-state index in [2.05, 4.69) is 15.9 Å². The Morgan fingerprint density at radius 1 is 1.47 bits per heavy atom. The number of alkyl halides is 1. The summed E-state index contributed by atoms with van der Waals surface area (Å²) in [5.74, 6) is -0.219. The van der Waals surface area contributed by atoms with Crippen LogP contribution in [0.25, 0.3) is 0 Å². The number of halogens is 2. The number of ether oxygens (including phenoxy) is 1. The van der Waals surface area contributed by atoms with E-state index in [1.54, 1.807) is 12.1 Å². The number of nitrogens with zero attached hydrogens (tertiary/aromatic N) is 1. The zero-order chi connectivity index (χ0) is 13.8. The van der Waals surface area contributed by atoms with Gasteiger partial charge in [-0.15, -0.1) is 0 Å². The van der Waals surface area contributed by atoms with Gasteiger partial charge in [0.2, 0.25) is 5.91 Å². The predicted molar refractivity (Wildman–Crippen MR) is 74.8 cm³/mol. The molecule has 19 heavy (non-hydrogen) atoms. The summed E-state index contributed by atoms with van der Waals surface area (Å²) in [5, 5.41) is 0.722. The van der Waals surface area contributed by atoms with Gasteiger partial charge in [0, 0.05) is 11.9 Å². The molecule has 1 saturated heterocycles. The SMILES string of the molecule is CC1COC(CBr)CN1C(=O)Cc1ccc(F)cc1. The van der Waals surface area contributed by atoms with Gasteiger partial charge in [0.15, 0.2) is 0 Å². The van der Waals surface area contributed by atoms with Crippen molar-refractivity contribution in [2.24, 2.45) is 0 Å². The molecule has 0 aliphatic carbocycles. The third kappa shape index (κ3) is 3.76. The van der Waals surface area contributed by atoms with Crippen molar-refractivity contribution >= 4 is 21.8 Å². The Morgan fingerprint density at radius 2 is 2.16 bits per heavy atom. The number of rotatable bonds is 3. The van der Waals surface area contributed by atoms with Crippen LogP contribution in [0.5, 0.6) is 0 Å². The van der Waals surface area contributed by atoms with Crippen LogP contribution in [-0.4, -0.2) is 41.4 Å². The lowest BCUT2D eigenvalue weighted by Crippen LogP contribution is -2.52. The van der Waals surface area contributed by atoms with E-state index >= 15 is 0 Å². The van der Waals surface area contributed by atoms with Crippen molar-refractivity contribution in [2.75, 3.05) is 18.5 Å². The smallest absolute Gasteiger partial charge is 0.227 e. The highest BCUT2D eigenvalue weighted by molar-refractivity contribution is 9.09. The number of hydrogen-bond donors (Lipinski definition) is 0. The van der Waals surface area contributed by atoms with Crippen molar-refractivity contribution in [1.29, 1.82) is 0 Å². The second-order valence-corrected chi connectivity index (χ2v) is 5.46. The van der Waals surface area contributed by atoms with Gasteiger partial charge < -0.3 is 9.64 Å². The van der Waals surface area contributed by atoms with Crippen LogP contribution in [0.1, 0.15) is 12.5 Å². The number of amides is 1. The summed E-state index contributed by atoms with van der Waals surface area (Å²) in [6.45, 7) is 3.14. The van der Waals surface area contributed by atoms with Crippen LogP contribution in [0, 0.1) is 5.82 Å². The molecular weight excluding hydrogens is 313 g/mol. The van der Waals surface area contributed by atoms with Gasteiger partial charge in [-0.25, -0.2) is 4.39 Å². The first kappa shape index (κ1) is 14.5. The second-order valence-electron chi connectivity index (χ2n) is 4.81. The fraction of sp³-hybridized carbons (Fsp3) is 0.500. The maximum atomic E-state index is 12.8. The standard InChI is InChI=1S/C14H17BrFNO2/c1-10-9-19-13(7-15)8-17(10)14(18)6-11-2-4-12(16)5-3-11/h2-5,10,13H,6-9H2,1H3. The molecule has 1 aromatic rings. The molecule has 2 rings (SSSR count). The van der Waals surface area contributed by atoms with E-state index in [0.717, 1.165) is 10.9 Å². The van der Waals surface area contributed by atoms with Crippen molar-refractivity contribution in [3.63, 3.8) is 0 Å². The number of benzene rings is 1. The maximum Gasteiger partial charge on any atom is 0.227 e. The number of carbonyl (C=O) groups excluding carboxylic acids is 1. The molecule has 1 heterocycles. The normalized spacial score (nSPS) is 23.4. The molecule has 104 valence electrons. The number of carbonyl (C=O) groups is 1. The Labute approximate surface area is 120 Å². The Morgan fingerprint density at radius 3 is 2.79 bits per heavy atom. The molecule has 1 aliphatic heterocycles. The van der Waals surface area contributed by atoms with Crippen LogP contribution in [0.2, 0.25) is 0 Å². The Hall–Kier alpha value is -0.940. The molecule has 0 bridgehead atoms. The summed E-state index contributed by atoms with van der Waals surface area (Å²) >= 11 is 3.38. The minimum absolute atomic E-state index is 0.0494. The molecule has 3 nitrogen and oxygen atoms in total. The van der Waals surface area contributed by atoms with Crippen molar-refractivity contribution in [1.82, 2.24) is 4.90 Å². The molecule has 2 atom stereocenters. The van der Waals surface area contributed by atoms with Gasteiger partial charge in [-0.2, -0.15) is 0 Å². The minimum Gasteiger partial charge on any atom is -0.373 e. The number of morpholine rings is 1. The van der Waals surface area contributed by atoms with Gasteiger partial charge in [-0.1, -0.05) is 28.1 Å². The molecule has 1 aliphatic rings. The average Bonchev–Trinajstić information content (AvgIpc) is 2.42. The van der Waals surface area contributed by atoms with Gasteiger partial charge in [0.25, 0.3) is 0 Å². The highest BCUT2D eigenvalue weighted by Crippen LogP contribution is 2.15. The van der Waals surface area contributed by atoms with E-state index in [0.29, 0.717) is 19.6 Å². The molecule has 0 spiro atoms. The van der Waals surface area contributed by atoms with Gasteiger partial charge in [-0.05, 0) is 24.6 Å². The maximum absolute atomic E-state index is 12.8. The Kier molecular flexibility index (Phi) is 4.93. The zero-order valence-electron chi connectivity index (χ0n) is 10.8. The van der Waals surface area contributed by atoms with Gasteiger partial charge in [-0.3, -0.25) is 4.79 Å². The summed E-state index contributed by atoms with van der Waals surface area (Å²) in [5.41, 5.74) is 0.834. The average molecular weight is 330 g/mol. The van der Waals surface area contributed by atoms with Crippen molar-refractivity contribution in [3.05, 3.63) is 35.6 Å². The molecular formula is C14H17BrFNO2. The van der Waals surface area contributed by atoms with Crippen LogP contribution in [0.3, 0.4) is 0 Å². The fourth-order valence-electron chi connectivity index (χ4n) is 2.14. The summed E-state index contributed by atoms with van der Waals surface area (Å²) in [7, 11) is 0. The fourth-order valence-corrected chi connectivity index (χ4v) is 2.53. The molecule has 2 unspecified atom stereocenters. The molecule has 1 fully saturated rings. The number of hydrogen-bond acceptors (Lipinski definition) is 2. The monoisotopic (exact) mass is 329 g/mol. The van der Waals surface area contributed by atoms with Gasteiger partial charge in [0.1, 0.15) is 5.82 Å². The lowest BCUT2D eigenvalue weighted by molar-refractivity contribution is -0.142. The molecule has 1 amide bonds. The first-order chi connectivity index (χ1) is 9.10. The molecule has 0 saturated carbocycles. The first-order valence-electron chi connectivity index (χ1n) is 6.31. The third-order valence-electron chi connectivity index (χ3n) is 3.27. The molecule has 0 aromatic heterocycles. The van der Waals surface area contributed by atoms with E-state index < -0.39 is 0 Å². The zero-order valence-corrected chi connectivity index (χ0v) is 12.4. The van der Waals surface area contributed by atoms with E-state index in [9.17, 15) is 9.18 Å². The first-order valence-corrected chi connectivity index (χ1v) is 7.43. The van der Waals surface area contributed by atoms with Gasteiger partial charge >= 0.3 is 0 Å². The van der Waals surface area contributed by atoms with Crippen LogP contribution in [0.15, 0.2) is 24.3 Å². The van der Waals surface area contributed by atoms with E-state index in [4.69, 9.17) is 4.74 Å². The van der Waals surface area contributed by atoms with E-state index in [-0.39, 0.29) is 23.9 Å². The lowest BCUT2D eigenvalue weighted by atomic mass is 10.1. The van der Waals surface area contributed by atoms with E-state index in [1.165, 1.54) is 12.1 Å². The summed E-state index contributed by atoms with van der Waals surface area (Å²) in [6, 6.07) is 6.16. The van der Waals surface area contributed by atoms with Crippen molar-refractivity contribution < 1.29 is 13.9 Å². The molecule has 0 N–H and O–H groups in total. The highest BCUT2D eigenvalue weighted by Gasteiger charge is 2.28. The summed E-state index contributed by atoms with van der Waals surface area (Å²) < 4.78 is 18.4. The Bertz CT molecular complexity index is 438. The molecule has 5 heteroatoms. The van der Waals surface area contributed by atoms with E-state index in [1.807, 2.05) is 11.8 Å².